The van der Waals surface area contributed by atoms with E-state index in [4.69, 9.17) is 9.47 Å². The van der Waals surface area contributed by atoms with E-state index in [1.807, 2.05) is 126 Å². The Bertz CT molecular complexity index is 2810. The van der Waals surface area contributed by atoms with Gasteiger partial charge < -0.3 is 9.47 Å². The van der Waals surface area contributed by atoms with E-state index in [0.717, 1.165) is 66.6 Å². The van der Waals surface area contributed by atoms with Crippen molar-refractivity contribution in [3.63, 3.8) is 0 Å². The van der Waals surface area contributed by atoms with E-state index in [2.05, 4.69) is 73.5 Å². The summed E-state index contributed by atoms with van der Waals surface area (Å²) in [5, 5.41) is 2.00. The van der Waals surface area contributed by atoms with Gasteiger partial charge in [0.15, 0.2) is 0 Å². The van der Waals surface area contributed by atoms with Crippen LogP contribution in [-0.2, 0) is 0 Å². The molecule has 57 heavy (non-hydrogen) atoms. The first-order chi connectivity index (χ1) is 28.2. The van der Waals surface area contributed by atoms with Gasteiger partial charge >= 0.3 is 0 Å². The molecule has 0 aliphatic carbocycles. The zero-order valence-electron chi connectivity index (χ0n) is 30.5. The predicted molar refractivity (Wildman–Crippen MR) is 225 cm³/mol. The van der Waals surface area contributed by atoms with Crippen molar-refractivity contribution in [1.82, 2.24) is 29.5 Å². The molecule has 0 aliphatic heterocycles. The van der Waals surface area contributed by atoms with Gasteiger partial charge in [0.25, 0.3) is 0 Å². The van der Waals surface area contributed by atoms with Crippen molar-refractivity contribution in [2.24, 2.45) is 0 Å². The minimum atomic E-state index is 0.469. The molecule has 0 aliphatic rings. The lowest BCUT2D eigenvalue weighted by Gasteiger charge is -2.14. The molecular formula is C49H32N6O2. The van der Waals surface area contributed by atoms with Crippen molar-refractivity contribution < 1.29 is 9.47 Å². The van der Waals surface area contributed by atoms with Gasteiger partial charge in [-0.05, 0) is 71.8 Å². The molecular weight excluding hydrogens is 705 g/mol. The van der Waals surface area contributed by atoms with Gasteiger partial charge in [0, 0.05) is 57.6 Å². The van der Waals surface area contributed by atoms with Crippen molar-refractivity contribution >= 4 is 21.8 Å². The lowest BCUT2D eigenvalue weighted by Crippen LogP contribution is -2.01. The van der Waals surface area contributed by atoms with Crippen LogP contribution in [0.3, 0.4) is 0 Å². The number of aromatic nitrogens is 6. The van der Waals surface area contributed by atoms with E-state index in [9.17, 15) is 0 Å². The quantitative estimate of drug-likeness (QED) is 0.146. The molecule has 270 valence electrons. The first-order valence-corrected chi connectivity index (χ1v) is 18.5. The maximum atomic E-state index is 6.84. The minimum absolute atomic E-state index is 0.469. The van der Waals surface area contributed by atoms with Crippen LogP contribution in [0.1, 0.15) is 0 Å². The molecule has 0 saturated carbocycles. The molecule has 0 radical (unpaired) electrons. The van der Waals surface area contributed by atoms with Crippen LogP contribution in [0.15, 0.2) is 195 Å². The number of pyridine rings is 2. The second kappa shape index (κ2) is 14.7. The maximum absolute atomic E-state index is 6.84. The lowest BCUT2D eigenvalue weighted by atomic mass is 9.99. The van der Waals surface area contributed by atoms with Crippen LogP contribution < -0.4 is 9.47 Å². The van der Waals surface area contributed by atoms with Gasteiger partial charge in [-0.15, -0.1) is 0 Å². The van der Waals surface area contributed by atoms with Crippen LogP contribution in [0.2, 0.25) is 0 Å². The number of nitrogens with zero attached hydrogens (tertiary/aromatic N) is 6. The van der Waals surface area contributed by atoms with E-state index in [1.54, 1.807) is 12.4 Å². The monoisotopic (exact) mass is 736 g/mol. The van der Waals surface area contributed by atoms with Crippen molar-refractivity contribution in [2.45, 2.75) is 0 Å². The fraction of sp³-hybridized carbons (Fsp3) is 0. The van der Waals surface area contributed by atoms with Gasteiger partial charge in [0.05, 0.1) is 22.4 Å². The number of hydrogen-bond donors (Lipinski definition) is 0. The highest BCUT2D eigenvalue weighted by molar-refractivity contribution is 6.13. The van der Waals surface area contributed by atoms with Gasteiger partial charge in [0.2, 0.25) is 5.95 Å². The van der Waals surface area contributed by atoms with Crippen molar-refractivity contribution in [2.75, 3.05) is 0 Å². The number of rotatable bonds is 9. The Morgan fingerprint density at radius 1 is 0.386 bits per heavy atom. The summed E-state index contributed by atoms with van der Waals surface area (Å²) in [5.74, 6) is 3.20. The van der Waals surface area contributed by atoms with E-state index >= 15 is 0 Å². The summed E-state index contributed by atoms with van der Waals surface area (Å²) in [7, 11) is 0. The van der Waals surface area contributed by atoms with E-state index in [1.165, 1.54) is 12.7 Å². The number of fused-ring (bicyclic) bond motifs is 3. The van der Waals surface area contributed by atoms with Gasteiger partial charge in [-0.1, -0.05) is 97.1 Å². The largest absolute Gasteiger partial charge is 0.457 e. The highest BCUT2D eigenvalue weighted by Crippen LogP contribution is 2.45. The Morgan fingerprint density at radius 3 is 1.30 bits per heavy atom. The summed E-state index contributed by atoms with van der Waals surface area (Å²) in [6.45, 7) is 0. The summed E-state index contributed by atoms with van der Waals surface area (Å²) in [4.78, 5) is 22.6. The van der Waals surface area contributed by atoms with Gasteiger partial charge in [-0.2, -0.15) is 0 Å². The summed E-state index contributed by atoms with van der Waals surface area (Å²) < 4.78 is 15.7. The minimum Gasteiger partial charge on any atom is -0.457 e. The standard InChI is InChI=1S/C49H32N6O2/c1-3-13-33(14-4-1)39-27-41-42-28-40(34-15-5-2-6-16-34)48(57-38-20-12-18-36(26-38)44-22-8-10-24-52-44)30-46(42)55(49-53-31-50-32-54-49)45(41)29-47(39)56-37-19-11-17-35(25-37)43-21-7-9-23-51-43/h1-32H. The van der Waals surface area contributed by atoms with Crippen molar-refractivity contribution in [3.05, 3.63) is 195 Å². The Kier molecular flexibility index (Phi) is 8.66. The Morgan fingerprint density at radius 2 is 0.842 bits per heavy atom. The predicted octanol–water partition coefficient (Wildman–Crippen LogP) is 12.0. The lowest BCUT2D eigenvalue weighted by molar-refractivity contribution is 0.485. The highest BCUT2D eigenvalue weighted by Gasteiger charge is 2.22. The SMILES string of the molecule is c1ccc(-c2cc3c4cc(-c5ccccc5)c(Oc5cccc(-c6ccccn6)c5)cc4n(-c4ncncn4)c3cc2Oc2cccc(-c3ccccn3)c2)cc1. The van der Waals surface area contributed by atoms with E-state index in [-0.39, 0.29) is 0 Å². The maximum Gasteiger partial charge on any atom is 0.237 e. The topological polar surface area (TPSA) is 87.8 Å². The third kappa shape index (κ3) is 6.62. The highest BCUT2D eigenvalue weighted by atomic mass is 16.5. The Labute approximate surface area is 328 Å². The molecule has 0 bridgehead atoms. The summed E-state index contributed by atoms with van der Waals surface area (Å²) in [6, 6.07) is 56.9. The molecule has 0 N–H and O–H groups in total. The Hall–Kier alpha value is -7.97. The first kappa shape index (κ1) is 33.6. The molecule has 6 aromatic carbocycles. The van der Waals surface area contributed by atoms with Crippen molar-refractivity contribution in [1.29, 1.82) is 0 Å². The van der Waals surface area contributed by atoms with Gasteiger partial charge in [-0.3, -0.25) is 14.5 Å². The molecule has 0 saturated heterocycles. The smallest absolute Gasteiger partial charge is 0.237 e. The summed E-state index contributed by atoms with van der Waals surface area (Å²) in [5.41, 5.74) is 9.30. The van der Waals surface area contributed by atoms with E-state index in [0.29, 0.717) is 28.9 Å². The summed E-state index contributed by atoms with van der Waals surface area (Å²) in [6.07, 6.45) is 6.61. The average molecular weight is 737 g/mol. The second-order valence-electron chi connectivity index (χ2n) is 13.4. The molecule has 0 atom stereocenters. The van der Waals surface area contributed by atoms with Crippen LogP contribution in [0.5, 0.6) is 23.0 Å². The molecule has 8 nitrogen and oxygen atoms in total. The zero-order valence-corrected chi connectivity index (χ0v) is 30.5. The molecule has 8 heteroatoms. The fourth-order valence-electron chi connectivity index (χ4n) is 7.25. The second-order valence-corrected chi connectivity index (χ2v) is 13.4. The molecule has 0 unspecified atom stereocenters. The first-order valence-electron chi connectivity index (χ1n) is 18.5. The van der Waals surface area contributed by atoms with Gasteiger partial charge in [-0.25, -0.2) is 15.0 Å². The van der Waals surface area contributed by atoms with Crippen LogP contribution in [0.4, 0.5) is 0 Å². The normalized spacial score (nSPS) is 11.2. The van der Waals surface area contributed by atoms with E-state index < -0.39 is 0 Å². The molecule has 0 fully saturated rings. The van der Waals surface area contributed by atoms with Crippen LogP contribution in [-0.4, -0.2) is 29.5 Å². The van der Waals surface area contributed by atoms with Crippen LogP contribution in [0, 0.1) is 0 Å². The molecule has 10 aromatic rings. The fourth-order valence-corrected chi connectivity index (χ4v) is 7.25. The third-order valence-corrected chi connectivity index (χ3v) is 9.86. The van der Waals surface area contributed by atoms with Gasteiger partial charge in [0.1, 0.15) is 35.7 Å². The molecule has 0 amide bonds. The number of ether oxygens (including phenoxy) is 2. The summed E-state index contributed by atoms with van der Waals surface area (Å²) >= 11 is 0. The molecule has 10 rings (SSSR count). The third-order valence-electron chi connectivity index (χ3n) is 9.86. The Balaban J connectivity index is 1.20. The van der Waals surface area contributed by atoms with Crippen LogP contribution in [0.25, 0.3) is 72.5 Å². The number of hydrogen-bond acceptors (Lipinski definition) is 7. The zero-order chi connectivity index (χ0) is 38.0. The van der Waals surface area contributed by atoms with Crippen LogP contribution >= 0.6 is 0 Å². The number of benzene rings is 6. The molecule has 4 heterocycles. The molecule has 0 spiro atoms. The molecule has 4 aromatic heterocycles. The average Bonchev–Trinajstić information content (AvgIpc) is 3.59. The van der Waals surface area contributed by atoms with Crippen molar-refractivity contribution in [3.8, 4) is 73.7 Å².